The van der Waals surface area contributed by atoms with Crippen LogP contribution >= 0.6 is 11.5 Å². The molecule has 0 aliphatic carbocycles. The van der Waals surface area contributed by atoms with Crippen molar-refractivity contribution in [3.63, 3.8) is 0 Å². The Balaban J connectivity index is 1.20. The number of benzene rings is 1. The summed E-state index contributed by atoms with van der Waals surface area (Å²) in [4.78, 5) is 33.4. The van der Waals surface area contributed by atoms with Crippen molar-refractivity contribution in [2.45, 2.75) is 38.4 Å². The second kappa shape index (κ2) is 8.42. The van der Waals surface area contributed by atoms with E-state index in [2.05, 4.69) is 21.2 Å². The molecule has 1 aromatic heterocycles. The second-order valence-electron chi connectivity index (χ2n) is 8.41. The zero-order chi connectivity index (χ0) is 22.3. The van der Waals surface area contributed by atoms with Crippen LogP contribution in [0.15, 0.2) is 12.1 Å². The largest absolute Gasteiger partial charge is 0.466 e. The van der Waals surface area contributed by atoms with Gasteiger partial charge in [-0.25, -0.2) is 4.79 Å². The maximum absolute atomic E-state index is 13.3. The summed E-state index contributed by atoms with van der Waals surface area (Å²) in [5, 5.41) is 0.562. The predicted octanol–water partition coefficient (Wildman–Crippen LogP) is 1.97. The van der Waals surface area contributed by atoms with Crippen LogP contribution in [0.3, 0.4) is 0 Å². The molecule has 0 atom stereocenters. The highest BCUT2D eigenvalue weighted by molar-refractivity contribution is 7.10. The Kier molecular flexibility index (Phi) is 5.60. The molecule has 2 fully saturated rings. The van der Waals surface area contributed by atoms with Gasteiger partial charge in [0.05, 0.1) is 25.8 Å². The Morgan fingerprint density at radius 1 is 1.22 bits per heavy atom. The van der Waals surface area contributed by atoms with E-state index in [1.165, 1.54) is 24.2 Å². The molecule has 9 nitrogen and oxygen atoms in total. The highest BCUT2D eigenvalue weighted by Gasteiger charge is 2.48. The molecule has 3 aliphatic rings. The molecule has 1 spiro atoms. The minimum atomic E-state index is -0.783. The number of morpholine rings is 1. The standard InChI is InChI=1S/C22H26N4O5S/c1-14-15(3-4-16-17(14)13-30-18(16)27)5-8-25-9-6-22(7-10-25)19(28)26(11-12-31-22)21-23-20(29-2)24-32-21/h3-4H,5-13H2,1-2H3. The molecule has 0 radical (unpaired) electrons. The number of hydrogen-bond donors (Lipinski definition) is 0. The fraction of sp³-hybridized carbons (Fsp3) is 0.545. The average molecular weight is 459 g/mol. The SMILES string of the molecule is COc1nsc(N2CCOC3(CCN(CCc4ccc5c(c4C)COC5=O)CC3)C2=O)n1. The molecular formula is C22H26N4O5S. The van der Waals surface area contributed by atoms with Crippen LogP contribution in [0.1, 0.15) is 39.9 Å². The molecule has 2 aromatic rings. The molecule has 3 aliphatic heterocycles. The zero-order valence-corrected chi connectivity index (χ0v) is 19.1. The number of cyclic esters (lactones) is 1. The number of rotatable bonds is 5. The summed E-state index contributed by atoms with van der Waals surface area (Å²) >= 11 is 1.17. The van der Waals surface area contributed by atoms with E-state index < -0.39 is 5.60 Å². The van der Waals surface area contributed by atoms with Gasteiger partial charge < -0.3 is 19.1 Å². The molecule has 1 aromatic carbocycles. The third-order valence-electron chi connectivity index (χ3n) is 6.78. The Hall–Kier alpha value is -2.56. The van der Waals surface area contributed by atoms with Crippen molar-refractivity contribution in [2.75, 3.05) is 44.8 Å². The van der Waals surface area contributed by atoms with E-state index in [1.54, 1.807) is 4.90 Å². The minimum Gasteiger partial charge on any atom is -0.466 e. The summed E-state index contributed by atoms with van der Waals surface area (Å²) in [6, 6.07) is 4.20. The Morgan fingerprint density at radius 2 is 2.03 bits per heavy atom. The summed E-state index contributed by atoms with van der Waals surface area (Å²) in [5.74, 6) is -0.254. The smallest absolute Gasteiger partial charge is 0.338 e. The fourth-order valence-corrected chi connectivity index (χ4v) is 5.43. The van der Waals surface area contributed by atoms with Crippen LogP contribution in [-0.2, 0) is 27.3 Å². The summed E-state index contributed by atoms with van der Waals surface area (Å²) in [6.07, 6.45) is 2.21. The lowest BCUT2D eigenvalue weighted by molar-refractivity contribution is -0.157. The molecule has 170 valence electrons. The molecule has 0 bridgehead atoms. The molecule has 2 saturated heterocycles. The van der Waals surface area contributed by atoms with Gasteiger partial charge in [0.1, 0.15) is 12.2 Å². The minimum absolute atomic E-state index is 0.0265. The van der Waals surface area contributed by atoms with Crippen molar-refractivity contribution in [1.29, 1.82) is 0 Å². The molecule has 5 rings (SSSR count). The van der Waals surface area contributed by atoms with E-state index in [0.29, 0.717) is 43.3 Å². The molecular weight excluding hydrogens is 432 g/mol. The van der Waals surface area contributed by atoms with Gasteiger partial charge >= 0.3 is 12.0 Å². The van der Waals surface area contributed by atoms with Crippen molar-refractivity contribution in [1.82, 2.24) is 14.3 Å². The topological polar surface area (TPSA) is 94.1 Å². The third-order valence-corrected chi connectivity index (χ3v) is 7.50. The van der Waals surface area contributed by atoms with E-state index >= 15 is 0 Å². The van der Waals surface area contributed by atoms with Gasteiger partial charge in [-0.15, -0.1) is 4.37 Å². The number of nitrogens with zero attached hydrogens (tertiary/aromatic N) is 4. The number of carbonyl (C=O) groups excluding carboxylic acids is 2. The quantitative estimate of drug-likeness (QED) is 0.628. The summed E-state index contributed by atoms with van der Waals surface area (Å²) < 4.78 is 20.4. The van der Waals surface area contributed by atoms with Gasteiger partial charge in [0, 0.05) is 36.7 Å². The van der Waals surface area contributed by atoms with Gasteiger partial charge in [0.25, 0.3) is 5.91 Å². The van der Waals surface area contributed by atoms with Crippen molar-refractivity contribution in [3.05, 3.63) is 34.4 Å². The zero-order valence-electron chi connectivity index (χ0n) is 18.3. The first-order valence-corrected chi connectivity index (χ1v) is 11.6. The van der Waals surface area contributed by atoms with Crippen molar-refractivity contribution in [3.8, 4) is 6.01 Å². The lowest BCUT2D eigenvalue weighted by Gasteiger charge is -2.45. The van der Waals surface area contributed by atoms with Crippen LogP contribution in [0.5, 0.6) is 6.01 Å². The van der Waals surface area contributed by atoms with Crippen LogP contribution in [0.2, 0.25) is 0 Å². The van der Waals surface area contributed by atoms with E-state index in [4.69, 9.17) is 14.2 Å². The van der Waals surface area contributed by atoms with Gasteiger partial charge in [-0.1, -0.05) is 6.07 Å². The monoisotopic (exact) mass is 458 g/mol. The Labute approximate surface area is 190 Å². The molecule has 0 saturated carbocycles. The molecule has 4 heterocycles. The number of esters is 1. The van der Waals surface area contributed by atoms with Crippen LogP contribution in [0.25, 0.3) is 0 Å². The first-order chi connectivity index (χ1) is 15.5. The van der Waals surface area contributed by atoms with Crippen molar-refractivity contribution < 1.29 is 23.8 Å². The number of anilines is 1. The van der Waals surface area contributed by atoms with E-state index in [1.807, 2.05) is 12.1 Å². The first kappa shape index (κ1) is 21.3. The fourth-order valence-electron chi connectivity index (χ4n) is 4.76. The average Bonchev–Trinajstić information content (AvgIpc) is 3.44. The molecule has 0 N–H and O–H groups in total. The highest BCUT2D eigenvalue weighted by Crippen LogP contribution is 2.35. The predicted molar refractivity (Wildman–Crippen MR) is 117 cm³/mol. The van der Waals surface area contributed by atoms with E-state index in [9.17, 15) is 9.59 Å². The van der Waals surface area contributed by atoms with Crippen LogP contribution in [-0.4, -0.2) is 71.6 Å². The van der Waals surface area contributed by atoms with Gasteiger partial charge in [-0.2, -0.15) is 4.98 Å². The number of piperidine rings is 1. The second-order valence-corrected chi connectivity index (χ2v) is 9.14. The number of aromatic nitrogens is 2. The molecule has 32 heavy (non-hydrogen) atoms. The molecule has 0 unspecified atom stereocenters. The summed E-state index contributed by atoms with van der Waals surface area (Å²) in [7, 11) is 1.52. The first-order valence-electron chi connectivity index (χ1n) is 10.9. The maximum Gasteiger partial charge on any atom is 0.338 e. The van der Waals surface area contributed by atoms with Crippen LogP contribution in [0.4, 0.5) is 5.13 Å². The number of hydrogen-bond acceptors (Lipinski definition) is 9. The highest BCUT2D eigenvalue weighted by atomic mass is 32.1. The number of carbonyl (C=O) groups is 2. The van der Waals surface area contributed by atoms with Crippen LogP contribution in [0, 0.1) is 6.92 Å². The number of methoxy groups -OCH3 is 1. The van der Waals surface area contributed by atoms with Crippen molar-refractivity contribution in [2.24, 2.45) is 0 Å². The van der Waals surface area contributed by atoms with Gasteiger partial charge in [-0.05, 0) is 43.4 Å². The van der Waals surface area contributed by atoms with E-state index in [0.717, 1.165) is 37.2 Å². The third kappa shape index (κ3) is 3.66. The molecule has 10 heteroatoms. The lowest BCUT2D eigenvalue weighted by Crippen LogP contribution is -2.61. The van der Waals surface area contributed by atoms with Gasteiger partial charge in [0.2, 0.25) is 5.13 Å². The Bertz CT molecular complexity index is 1050. The normalized spacial score (nSPS) is 20.5. The lowest BCUT2D eigenvalue weighted by atomic mass is 9.88. The van der Waals surface area contributed by atoms with Crippen molar-refractivity contribution >= 4 is 28.5 Å². The summed E-state index contributed by atoms with van der Waals surface area (Å²) in [6.45, 7) is 5.89. The van der Waals surface area contributed by atoms with Crippen LogP contribution < -0.4 is 9.64 Å². The van der Waals surface area contributed by atoms with Gasteiger partial charge in [0.15, 0.2) is 0 Å². The number of ether oxygens (including phenoxy) is 3. The van der Waals surface area contributed by atoms with E-state index in [-0.39, 0.29) is 17.9 Å². The number of likely N-dealkylation sites (tertiary alicyclic amines) is 1. The van der Waals surface area contributed by atoms with Gasteiger partial charge in [-0.3, -0.25) is 9.69 Å². The number of fused-ring (bicyclic) bond motifs is 1. The maximum atomic E-state index is 13.3. The summed E-state index contributed by atoms with van der Waals surface area (Å²) in [5.41, 5.74) is 3.31. The Morgan fingerprint density at radius 3 is 2.78 bits per heavy atom. The number of amides is 1. The molecule has 1 amide bonds.